The molecule has 6 heteroatoms. The molecule has 1 aliphatic heterocycles. The van der Waals surface area contributed by atoms with Crippen LogP contribution in [0.2, 0.25) is 0 Å². The van der Waals surface area contributed by atoms with E-state index in [4.69, 9.17) is 14.3 Å². The van der Waals surface area contributed by atoms with Crippen molar-refractivity contribution in [3.05, 3.63) is 23.7 Å². The Morgan fingerprint density at radius 1 is 1.47 bits per heavy atom. The average molecular weight is 269 g/mol. The van der Waals surface area contributed by atoms with Crippen molar-refractivity contribution >= 4 is 5.97 Å². The van der Waals surface area contributed by atoms with Crippen molar-refractivity contribution in [2.45, 2.75) is 31.4 Å². The topological polar surface area (TPSA) is 91.9 Å². The van der Waals surface area contributed by atoms with E-state index in [1.807, 2.05) is 6.92 Å². The Hall–Kier alpha value is -1.37. The first-order valence-corrected chi connectivity index (χ1v) is 6.37. The number of aliphatic hydroxyl groups is 1. The fourth-order valence-electron chi connectivity index (χ4n) is 2.07. The summed E-state index contributed by atoms with van der Waals surface area (Å²) in [5.74, 6) is -0.608. The second-order valence-corrected chi connectivity index (χ2v) is 4.95. The Labute approximate surface area is 111 Å². The Kier molecular flexibility index (Phi) is 4.24. The van der Waals surface area contributed by atoms with Crippen LogP contribution < -0.4 is 5.32 Å². The fraction of sp³-hybridized carbons (Fsp3) is 0.615. The van der Waals surface area contributed by atoms with Gasteiger partial charge in [0.05, 0.1) is 11.6 Å². The smallest absolute Gasteiger partial charge is 0.371 e. The third-order valence-electron chi connectivity index (χ3n) is 3.43. The molecule has 2 rings (SSSR count). The number of hydrogen-bond donors (Lipinski definition) is 3. The highest BCUT2D eigenvalue weighted by molar-refractivity contribution is 5.84. The summed E-state index contributed by atoms with van der Waals surface area (Å²) in [5.41, 5.74) is -0.755. The summed E-state index contributed by atoms with van der Waals surface area (Å²) in [5, 5.41) is 22.2. The van der Waals surface area contributed by atoms with Crippen molar-refractivity contribution in [3.8, 4) is 0 Å². The van der Waals surface area contributed by atoms with Gasteiger partial charge in [-0.05, 0) is 19.1 Å². The van der Waals surface area contributed by atoms with Crippen molar-refractivity contribution in [1.29, 1.82) is 0 Å². The number of nitrogens with one attached hydrogen (secondary N) is 1. The van der Waals surface area contributed by atoms with Gasteiger partial charge in [0.25, 0.3) is 0 Å². The van der Waals surface area contributed by atoms with Gasteiger partial charge in [-0.3, -0.25) is 0 Å². The number of furan rings is 1. The van der Waals surface area contributed by atoms with E-state index in [2.05, 4.69) is 5.32 Å². The van der Waals surface area contributed by atoms with Gasteiger partial charge in [-0.25, -0.2) is 4.79 Å². The lowest BCUT2D eigenvalue weighted by atomic mass is 9.94. The van der Waals surface area contributed by atoms with Gasteiger partial charge in [0.1, 0.15) is 5.76 Å². The first-order chi connectivity index (χ1) is 9.00. The molecule has 3 N–H and O–H groups in total. The molecular weight excluding hydrogens is 250 g/mol. The molecule has 0 bridgehead atoms. The molecule has 19 heavy (non-hydrogen) atoms. The van der Waals surface area contributed by atoms with Crippen LogP contribution in [-0.4, -0.2) is 41.5 Å². The zero-order valence-electron chi connectivity index (χ0n) is 10.9. The zero-order valence-corrected chi connectivity index (χ0v) is 10.9. The van der Waals surface area contributed by atoms with Gasteiger partial charge in [-0.2, -0.15) is 0 Å². The van der Waals surface area contributed by atoms with Crippen LogP contribution in [0.25, 0.3) is 0 Å². The molecule has 6 nitrogen and oxygen atoms in total. The Bertz CT molecular complexity index is 436. The summed E-state index contributed by atoms with van der Waals surface area (Å²) in [6.45, 7) is 3.43. The third kappa shape index (κ3) is 3.56. The molecular formula is C13H19NO5. The van der Waals surface area contributed by atoms with E-state index in [1.54, 1.807) is 6.07 Å². The van der Waals surface area contributed by atoms with Crippen LogP contribution in [0, 0.1) is 0 Å². The van der Waals surface area contributed by atoms with Gasteiger partial charge in [0.15, 0.2) is 0 Å². The summed E-state index contributed by atoms with van der Waals surface area (Å²) in [4.78, 5) is 10.7. The molecule has 0 amide bonds. The molecule has 1 aromatic rings. The van der Waals surface area contributed by atoms with E-state index < -0.39 is 11.6 Å². The summed E-state index contributed by atoms with van der Waals surface area (Å²) >= 11 is 0. The minimum atomic E-state index is -1.08. The van der Waals surface area contributed by atoms with Crippen molar-refractivity contribution in [2.24, 2.45) is 0 Å². The highest BCUT2D eigenvalue weighted by Gasteiger charge is 2.30. The molecule has 1 aliphatic rings. The maximum absolute atomic E-state index is 10.7. The summed E-state index contributed by atoms with van der Waals surface area (Å²) in [6, 6.07) is 2.91. The first-order valence-electron chi connectivity index (χ1n) is 6.37. The van der Waals surface area contributed by atoms with Gasteiger partial charge < -0.3 is 24.7 Å². The van der Waals surface area contributed by atoms with Crippen LogP contribution in [0.4, 0.5) is 0 Å². The van der Waals surface area contributed by atoms with E-state index in [0.29, 0.717) is 38.4 Å². The fourth-order valence-corrected chi connectivity index (χ4v) is 2.07. The lowest BCUT2D eigenvalue weighted by Gasteiger charge is -2.33. The normalized spacial score (nSPS) is 20.1. The highest BCUT2D eigenvalue weighted by Crippen LogP contribution is 2.22. The number of aromatic carboxylic acids is 1. The SMILES string of the molecule is CC(NCC1(O)CCOCC1)c1ccc(C(=O)O)o1. The van der Waals surface area contributed by atoms with Gasteiger partial charge in [0, 0.05) is 32.6 Å². The largest absolute Gasteiger partial charge is 0.475 e. The standard InChI is InChI=1S/C13H19NO5/c1-9(10-2-3-11(19-10)12(15)16)14-8-13(17)4-6-18-7-5-13/h2-3,9,14,17H,4-8H2,1H3,(H,15,16). The van der Waals surface area contributed by atoms with E-state index in [0.717, 1.165) is 0 Å². The van der Waals surface area contributed by atoms with Gasteiger partial charge in [-0.15, -0.1) is 0 Å². The molecule has 1 fully saturated rings. The maximum atomic E-state index is 10.7. The third-order valence-corrected chi connectivity index (χ3v) is 3.43. The lowest BCUT2D eigenvalue weighted by molar-refractivity contribution is -0.0628. The Morgan fingerprint density at radius 2 is 2.16 bits per heavy atom. The van der Waals surface area contributed by atoms with Crippen LogP contribution >= 0.6 is 0 Å². The Morgan fingerprint density at radius 3 is 2.74 bits per heavy atom. The van der Waals surface area contributed by atoms with Gasteiger partial charge >= 0.3 is 5.97 Å². The second kappa shape index (κ2) is 5.73. The predicted molar refractivity (Wildman–Crippen MR) is 67.1 cm³/mol. The molecule has 0 aliphatic carbocycles. The minimum absolute atomic E-state index is 0.0755. The summed E-state index contributed by atoms with van der Waals surface area (Å²) in [6.07, 6.45) is 1.20. The van der Waals surface area contributed by atoms with Crippen LogP contribution in [0.15, 0.2) is 16.5 Å². The van der Waals surface area contributed by atoms with Gasteiger partial charge in [0.2, 0.25) is 5.76 Å². The molecule has 0 saturated carbocycles. The molecule has 1 aromatic heterocycles. The first kappa shape index (κ1) is 14.0. The highest BCUT2D eigenvalue weighted by atomic mass is 16.5. The van der Waals surface area contributed by atoms with E-state index >= 15 is 0 Å². The summed E-state index contributed by atoms with van der Waals surface area (Å²) < 4.78 is 10.4. The minimum Gasteiger partial charge on any atom is -0.475 e. The van der Waals surface area contributed by atoms with Crippen molar-refractivity contribution in [1.82, 2.24) is 5.32 Å². The van der Waals surface area contributed by atoms with Gasteiger partial charge in [-0.1, -0.05) is 0 Å². The van der Waals surface area contributed by atoms with Crippen molar-refractivity contribution in [3.63, 3.8) is 0 Å². The van der Waals surface area contributed by atoms with E-state index in [9.17, 15) is 9.90 Å². The molecule has 2 heterocycles. The number of carbonyl (C=O) groups is 1. The molecule has 0 spiro atoms. The van der Waals surface area contributed by atoms with E-state index in [-0.39, 0.29) is 11.8 Å². The molecule has 1 saturated heterocycles. The average Bonchev–Trinajstić information content (AvgIpc) is 2.87. The van der Waals surface area contributed by atoms with Crippen LogP contribution in [0.1, 0.15) is 42.1 Å². The number of rotatable bonds is 5. The van der Waals surface area contributed by atoms with Crippen molar-refractivity contribution in [2.75, 3.05) is 19.8 Å². The number of carboxylic acids is 1. The monoisotopic (exact) mass is 269 g/mol. The molecule has 0 aromatic carbocycles. The quantitative estimate of drug-likeness (QED) is 0.743. The maximum Gasteiger partial charge on any atom is 0.371 e. The molecule has 1 unspecified atom stereocenters. The van der Waals surface area contributed by atoms with Crippen LogP contribution in [-0.2, 0) is 4.74 Å². The molecule has 1 atom stereocenters. The lowest BCUT2D eigenvalue weighted by Crippen LogP contribution is -2.45. The Balaban J connectivity index is 1.89. The predicted octanol–water partition coefficient (Wildman–Crippen LogP) is 1.17. The van der Waals surface area contributed by atoms with E-state index in [1.165, 1.54) is 6.07 Å². The number of ether oxygens (including phenoxy) is 1. The second-order valence-electron chi connectivity index (χ2n) is 4.95. The van der Waals surface area contributed by atoms with Crippen LogP contribution in [0.3, 0.4) is 0 Å². The van der Waals surface area contributed by atoms with Crippen molar-refractivity contribution < 1.29 is 24.2 Å². The van der Waals surface area contributed by atoms with Crippen LogP contribution in [0.5, 0.6) is 0 Å². The number of carboxylic acid groups (broad SMARTS) is 1. The molecule has 0 radical (unpaired) electrons. The zero-order chi connectivity index (χ0) is 13.9. The summed E-state index contributed by atoms with van der Waals surface area (Å²) in [7, 11) is 0. The molecule has 106 valence electrons. The number of hydrogen-bond acceptors (Lipinski definition) is 5.